The zero-order valence-corrected chi connectivity index (χ0v) is 11.3. The molecule has 3 aromatic rings. The molecule has 0 bridgehead atoms. The second-order valence-corrected chi connectivity index (χ2v) is 4.68. The zero-order valence-electron chi connectivity index (χ0n) is 11.3. The summed E-state index contributed by atoms with van der Waals surface area (Å²) in [6.07, 6.45) is 1.38. The van der Waals surface area contributed by atoms with E-state index in [0.717, 1.165) is 5.56 Å². The van der Waals surface area contributed by atoms with Crippen molar-refractivity contribution < 1.29 is 9.18 Å². The van der Waals surface area contributed by atoms with Gasteiger partial charge in [-0.05, 0) is 36.8 Å². The number of para-hydroxylation sites is 2. The van der Waals surface area contributed by atoms with Crippen molar-refractivity contribution in [2.24, 2.45) is 0 Å². The van der Waals surface area contributed by atoms with E-state index in [0.29, 0.717) is 11.0 Å². The number of carbonyl (C=O) groups is 1. The van der Waals surface area contributed by atoms with Gasteiger partial charge in [0.1, 0.15) is 11.5 Å². The molecular weight excluding hydrogens is 269 g/mol. The Labute approximate surface area is 120 Å². The van der Waals surface area contributed by atoms with Crippen molar-refractivity contribution in [2.45, 2.75) is 6.92 Å². The Morgan fingerprint density at radius 1 is 1.14 bits per heavy atom. The molecule has 0 aliphatic carbocycles. The Morgan fingerprint density at radius 2 is 1.90 bits per heavy atom. The summed E-state index contributed by atoms with van der Waals surface area (Å²) >= 11 is 0. The van der Waals surface area contributed by atoms with Crippen LogP contribution in [0.25, 0.3) is 11.0 Å². The largest absolute Gasteiger partial charge is 0.318 e. The minimum Gasteiger partial charge on any atom is -0.318 e. The molecule has 104 valence electrons. The molecule has 0 atom stereocenters. The first-order valence-corrected chi connectivity index (χ1v) is 6.43. The molecule has 0 saturated heterocycles. The summed E-state index contributed by atoms with van der Waals surface area (Å²) in [4.78, 5) is 20.5. The molecule has 0 unspecified atom stereocenters. The van der Waals surface area contributed by atoms with E-state index in [9.17, 15) is 9.18 Å². The topological polar surface area (TPSA) is 54.9 Å². The maximum absolute atomic E-state index is 13.6. The van der Waals surface area contributed by atoms with E-state index in [2.05, 4.69) is 15.3 Å². The van der Waals surface area contributed by atoms with E-state index in [1.807, 2.05) is 25.1 Å². The number of halogens is 1. The Kier molecular flexibility index (Phi) is 3.31. The molecular formula is C16H12FN3O. The van der Waals surface area contributed by atoms with Crippen molar-refractivity contribution >= 4 is 22.6 Å². The summed E-state index contributed by atoms with van der Waals surface area (Å²) in [7, 11) is 0. The summed E-state index contributed by atoms with van der Waals surface area (Å²) in [5, 5.41) is 2.52. The summed E-state index contributed by atoms with van der Waals surface area (Å²) in [6.45, 7) is 1.82. The number of hydrogen-bond acceptors (Lipinski definition) is 3. The predicted octanol–water partition coefficient (Wildman–Crippen LogP) is 3.33. The van der Waals surface area contributed by atoms with Crippen LogP contribution in [0.5, 0.6) is 0 Å². The van der Waals surface area contributed by atoms with E-state index in [4.69, 9.17) is 0 Å². The third kappa shape index (κ3) is 2.72. The van der Waals surface area contributed by atoms with Crippen LogP contribution in [-0.2, 0) is 0 Å². The number of rotatable bonds is 2. The van der Waals surface area contributed by atoms with Gasteiger partial charge in [-0.25, -0.2) is 9.37 Å². The van der Waals surface area contributed by atoms with Crippen LogP contribution in [0.3, 0.4) is 0 Å². The molecule has 1 aromatic heterocycles. The first-order valence-electron chi connectivity index (χ1n) is 6.43. The Bertz CT molecular complexity index is 833. The lowest BCUT2D eigenvalue weighted by Crippen LogP contribution is -2.15. The number of aryl methyl sites for hydroxylation is 1. The molecule has 0 radical (unpaired) electrons. The van der Waals surface area contributed by atoms with E-state index >= 15 is 0 Å². The van der Waals surface area contributed by atoms with Crippen LogP contribution in [0.2, 0.25) is 0 Å². The average Bonchev–Trinajstić information content (AvgIpc) is 2.50. The molecule has 1 heterocycles. The standard InChI is InChI=1S/C16H12FN3O/c1-10-6-7-11(17)14(8-10)20-16(21)15-9-18-12-4-2-3-5-13(12)19-15/h2-9H,1H3,(H,20,21). The van der Waals surface area contributed by atoms with E-state index in [1.54, 1.807) is 18.2 Å². The predicted molar refractivity (Wildman–Crippen MR) is 78.6 cm³/mol. The number of nitrogens with zero attached hydrogens (tertiary/aromatic N) is 2. The maximum Gasteiger partial charge on any atom is 0.275 e. The van der Waals surface area contributed by atoms with Gasteiger partial charge < -0.3 is 5.32 Å². The highest BCUT2D eigenvalue weighted by Gasteiger charge is 2.12. The van der Waals surface area contributed by atoms with E-state index in [1.165, 1.54) is 12.3 Å². The quantitative estimate of drug-likeness (QED) is 0.784. The van der Waals surface area contributed by atoms with E-state index < -0.39 is 11.7 Å². The van der Waals surface area contributed by atoms with Crippen LogP contribution in [0.4, 0.5) is 10.1 Å². The van der Waals surface area contributed by atoms with Gasteiger partial charge in [-0.15, -0.1) is 0 Å². The maximum atomic E-state index is 13.6. The van der Waals surface area contributed by atoms with Crippen molar-refractivity contribution in [2.75, 3.05) is 5.32 Å². The van der Waals surface area contributed by atoms with Crippen molar-refractivity contribution in [1.29, 1.82) is 0 Å². The minimum atomic E-state index is -0.488. The van der Waals surface area contributed by atoms with Crippen molar-refractivity contribution in [3.63, 3.8) is 0 Å². The lowest BCUT2D eigenvalue weighted by molar-refractivity contribution is 0.102. The lowest BCUT2D eigenvalue weighted by atomic mass is 10.2. The van der Waals surface area contributed by atoms with Crippen LogP contribution in [0, 0.1) is 12.7 Å². The Morgan fingerprint density at radius 3 is 2.71 bits per heavy atom. The third-order valence-electron chi connectivity index (χ3n) is 3.05. The van der Waals surface area contributed by atoms with Gasteiger partial charge >= 0.3 is 0 Å². The van der Waals surface area contributed by atoms with Crippen LogP contribution in [0.1, 0.15) is 16.1 Å². The molecule has 1 amide bonds. The number of aromatic nitrogens is 2. The molecule has 21 heavy (non-hydrogen) atoms. The second kappa shape index (κ2) is 5.28. The van der Waals surface area contributed by atoms with Gasteiger partial charge in [0.25, 0.3) is 5.91 Å². The highest BCUT2D eigenvalue weighted by Crippen LogP contribution is 2.17. The summed E-state index contributed by atoms with van der Waals surface area (Å²) in [5.74, 6) is -0.972. The molecule has 5 heteroatoms. The molecule has 1 N–H and O–H groups in total. The van der Waals surface area contributed by atoms with Gasteiger partial charge in [-0.1, -0.05) is 18.2 Å². The molecule has 0 fully saturated rings. The number of benzene rings is 2. The zero-order chi connectivity index (χ0) is 14.8. The molecule has 0 spiro atoms. The van der Waals surface area contributed by atoms with Gasteiger partial charge in [0.15, 0.2) is 0 Å². The molecule has 0 saturated carbocycles. The van der Waals surface area contributed by atoms with Crippen molar-refractivity contribution in [3.05, 3.63) is 65.7 Å². The first-order chi connectivity index (χ1) is 10.1. The summed E-state index contributed by atoms with van der Waals surface area (Å²) in [6, 6.07) is 11.8. The first kappa shape index (κ1) is 13.2. The van der Waals surface area contributed by atoms with Crippen LogP contribution in [-0.4, -0.2) is 15.9 Å². The number of fused-ring (bicyclic) bond motifs is 1. The van der Waals surface area contributed by atoms with Gasteiger partial charge in [0, 0.05) is 0 Å². The number of hydrogen-bond donors (Lipinski definition) is 1. The minimum absolute atomic E-state index is 0.134. The fraction of sp³-hybridized carbons (Fsp3) is 0.0625. The number of amides is 1. The van der Waals surface area contributed by atoms with E-state index in [-0.39, 0.29) is 11.4 Å². The van der Waals surface area contributed by atoms with Gasteiger partial charge in [-0.2, -0.15) is 0 Å². The molecule has 0 aliphatic rings. The summed E-state index contributed by atoms with van der Waals surface area (Å²) < 4.78 is 13.6. The molecule has 2 aromatic carbocycles. The fourth-order valence-corrected chi connectivity index (χ4v) is 1.99. The highest BCUT2D eigenvalue weighted by molar-refractivity contribution is 6.03. The van der Waals surface area contributed by atoms with Gasteiger partial charge in [0.2, 0.25) is 0 Å². The van der Waals surface area contributed by atoms with Gasteiger partial charge in [0.05, 0.1) is 22.9 Å². The summed E-state index contributed by atoms with van der Waals surface area (Å²) in [5.41, 5.74) is 2.46. The normalized spacial score (nSPS) is 10.6. The highest BCUT2D eigenvalue weighted by atomic mass is 19.1. The molecule has 0 aliphatic heterocycles. The second-order valence-electron chi connectivity index (χ2n) is 4.68. The van der Waals surface area contributed by atoms with Gasteiger partial charge in [-0.3, -0.25) is 9.78 Å². The average molecular weight is 281 g/mol. The Balaban J connectivity index is 1.91. The van der Waals surface area contributed by atoms with Crippen LogP contribution >= 0.6 is 0 Å². The fourth-order valence-electron chi connectivity index (χ4n) is 1.99. The number of nitrogens with one attached hydrogen (secondary N) is 1. The smallest absolute Gasteiger partial charge is 0.275 e. The number of carbonyl (C=O) groups excluding carboxylic acids is 1. The number of anilines is 1. The monoisotopic (exact) mass is 281 g/mol. The molecule has 3 rings (SSSR count). The third-order valence-corrected chi connectivity index (χ3v) is 3.05. The Hall–Kier alpha value is -2.82. The van der Waals surface area contributed by atoms with Crippen molar-refractivity contribution in [1.82, 2.24) is 9.97 Å². The van der Waals surface area contributed by atoms with Crippen LogP contribution in [0.15, 0.2) is 48.7 Å². The van der Waals surface area contributed by atoms with Crippen LogP contribution < -0.4 is 5.32 Å². The molecule has 4 nitrogen and oxygen atoms in total. The van der Waals surface area contributed by atoms with Crippen molar-refractivity contribution in [3.8, 4) is 0 Å². The lowest BCUT2D eigenvalue weighted by Gasteiger charge is -2.07. The SMILES string of the molecule is Cc1ccc(F)c(NC(=O)c2cnc3ccccc3n2)c1.